The van der Waals surface area contributed by atoms with Crippen LogP contribution < -0.4 is 10.6 Å². The van der Waals surface area contributed by atoms with Gasteiger partial charge in [-0.05, 0) is 13.8 Å². The predicted molar refractivity (Wildman–Crippen MR) is 252 cm³/mol. The van der Waals surface area contributed by atoms with E-state index in [1.54, 1.807) is 0 Å². The van der Waals surface area contributed by atoms with Gasteiger partial charge in [-0.1, -0.05) is 0 Å². The van der Waals surface area contributed by atoms with Gasteiger partial charge in [-0.25, -0.2) is 0 Å². The van der Waals surface area contributed by atoms with Crippen LogP contribution in [0.25, 0.3) is 0 Å². The van der Waals surface area contributed by atoms with E-state index in [0.717, 1.165) is 13.8 Å². The molecule has 36 nitrogen and oxygen atoms in total. The summed E-state index contributed by atoms with van der Waals surface area (Å²) in [5.41, 5.74) is 0. The molecule has 476 valence electrons. The molecule has 0 aliphatic carbocycles. The zero-order valence-corrected chi connectivity index (χ0v) is 44.4. The molecule has 0 spiro atoms. The number of rotatable bonds is 19. The summed E-state index contributed by atoms with van der Waals surface area (Å²) in [5.74, 6) is -1.59. The number of carbonyl (C=O) groups excluding carboxylic acids is 2. The first kappa shape index (κ1) is 67.2. The highest BCUT2D eigenvalue weighted by atomic mass is 16.8. The lowest BCUT2D eigenvalue weighted by atomic mass is 9.94. The van der Waals surface area contributed by atoms with Crippen LogP contribution in [0.15, 0.2) is 0 Å². The van der Waals surface area contributed by atoms with Gasteiger partial charge in [0.1, 0.15) is 159 Å². The maximum absolute atomic E-state index is 12.7. The van der Waals surface area contributed by atoms with E-state index in [-0.39, 0.29) is 0 Å². The first-order chi connectivity index (χ1) is 38.7. The highest BCUT2D eigenvalue weighted by Crippen LogP contribution is 2.39. The summed E-state index contributed by atoms with van der Waals surface area (Å²) in [6, 6.07) is -3.32. The smallest absolute Gasteiger partial charge is 0.217 e. The molecule has 21 N–H and O–H groups in total. The summed E-state index contributed by atoms with van der Waals surface area (Å²) in [6.45, 7) is -0.320. The molecule has 0 saturated carbocycles. The number of hydrogen-bond acceptors (Lipinski definition) is 34. The molecule has 0 aromatic carbocycles. The molecule has 0 aromatic heterocycles. The number of aliphatic hydroxyl groups is 19. The first-order valence-electron chi connectivity index (χ1n) is 26.3. The van der Waals surface area contributed by atoms with Crippen LogP contribution in [0.3, 0.4) is 0 Å². The predicted octanol–water partition coefficient (Wildman–Crippen LogP) is -13.9. The van der Waals surface area contributed by atoms with E-state index in [0.29, 0.717) is 0 Å². The fraction of sp³-hybridized carbons (Fsp3) is 0.957. The van der Waals surface area contributed by atoms with Crippen molar-refractivity contribution in [3.63, 3.8) is 0 Å². The van der Waals surface area contributed by atoms with E-state index in [9.17, 15) is 107 Å². The highest BCUT2D eigenvalue weighted by molar-refractivity contribution is 5.73. The largest absolute Gasteiger partial charge is 0.394 e. The fourth-order valence-corrected chi connectivity index (χ4v) is 10.5. The van der Waals surface area contributed by atoms with Crippen LogP contribution in [0.2, 0.25) is 0 Å². The Labute approximate surface area is 465 Å². The average molecular weight is 1200 g/mol. The summed E-state index contributed by atoms with van der Waals surface area (Å²) >= 11 is 0. The van der Waals surface area contributed by atoms with Crippen molar-refractivity contribution in [3.05, 3.63) is 0 Å². The number of hydrogen-bond donors (Lipinski definition) is 21. The third-order valence-electron chi connectivity index (χ3n) is 15.3. The van der Waals surface area contributed by atoms with E-state index >= 15 is 0 Å². The van der Waals surface area contributed by atoms with Crippen molar-refractivity contribution < 1.29 is 168 Å². The van der Waals surface area contributed by atoms with Gasteiger partial charge in [-0.2, -0.15) is 0 Å². The maximum atomic E-state index is 12.7. The van der Waals surface area contributed by atoms with E-state index in [1.807, 2.05) is 0 Å². The van der Waals surface area contributed by atoms with Crippen molar-refractivity contribution >= 4 is 11.8 Å². The molecule has 7 rings (SSSR count). The van der Waals surface area contributed by atoms with Crippen molar-refractivity contribution in [2.75, 3.05) is 33.0 Å². The molecule has 82 heavy (non-hydrogen) atoms. The van der Waals surface area contributed by atoms with Crippen molar-refractivity contribution in [3.8, 4) is 0 Å². The molecular formula is C46H78N2O34. The Kier molecular flexibility index (Phi) is 23.5. The summed E-state index contributed by atoms with van der Waals surface area (Å²) in [6.07, 6.45) is -64.2. The Bertz CT molecular complexity index is 2030. The van der Waals surface area contributed by atoms with Gasteiger partial charge in [0.2, 0.25) is 11.8 Å². The normalized spacial score (nSPS) is 51.3. The zero-order chi connectivity index (χ0) is 60.5. The molecule has 7 saturated heterocycles. The van der Waals surface area contributed by atoms with Crippen LogP contribution in [-0.4, -0.2) is 357 Å². The van der Waals surface area contributed by atoms with Crippen molar-refractivity contribution in [2.45, 2.75) is 243 Å². The Morgan fingerprint density at radius 3 is 1.24 bits per heavy atom. The van der Waals surface area contributed by atoms with Gasteiger partial charge in [-0.15, -0.1) is 0 Å². The van der Waals surface area contributed by atoms with Crippen molar-refractivity contribution in [1.29, 1.82) is 0 Å². The summed E-state index contributed by atoms with van der Waals surface area (Å²) in [7, 11) is 0. The second-order valence-electron chi connectivity index (χ2n) is 21.0. The van der Waals surface area contributed by atoms with Crippen molar-refractivity contribution in [2.24, 2.45) is 0 Å². The number of aliphatic hydroxyl groups excluding tert-OH is 19. The van der Waals surface area contributed by atoms with E-state index in [2.05, 4.69) is 10.6 Å². The molecule has 7 heterocycles. The second kappa shape index (κ2) is 28.7. The van der Waals surface area contributed by atoms with E-state index < -0.39 is 260 Å². The second-order valence-corrected chi connectivity index (χ2v) is 21.0. The molecule has 7 aliphatic heterocycles. The van der Waals surface area contributed by atoms with Crippen LogP contribution >= 0.6 is 0 Å². The monoisotopic (exact) mass is 1200 g/mol. The molecule has 2 amide bonds. The van der Waals surface area contributed by atoms with Gasteiger partial charge in [0, 0.05) is 13.8 Å². The topological polar surface area (TPSA) is 563 Å². The molecule has 0 radical (unpaired) electrons. The summed E-state index contributed by atoms with van der Waals surface area (Å²) < 4.78 is 76.6. The quantitative estimate of drug-likeness (QED) is 0.0571. The number of amides is 2. The Hall–Kier alpha value is -2.34. The van der Waals surface area contributed by atoms with Gasteiger partial charge in [-0.3, -0.25) is 9.59 Å². The molecule has 0 aromatic rings. The van der Waals surface area contributed by atoms with E-state index in [4.69, 9.17) is 61.6 Å². The maximum Gasteiger partial charge on any atom is 0.217 e. The molecular weight excluding hydrogens is 1120 g/mol. The minimum absolute atomic E-state index is 0.726. The minimum atomic E-state index is -2.29. The van der Waals surface area contributed by atoms with Crippen LogP contribution in [0.1, 0.15) is 27.7 Å². The van der Waals surface area contributed by atoms with Gasteiger partial charge < -0.3 is 169 Å². The van der Waals surface area contributed by atoms with Gasteiger partial charge in [0.25, 0.3) is 0 Å². The third-order valence-corrected chi connectivity index (χ3v) is 15.3. The van der Waals surface area contributed by atoms with Crippen LogP contribution in [-0.2, 0) is 71.2 Å². The SMILES string of the molecule is CC(=O)N[C@H]1[C@H](OC[C@H]2OC(O)[C@H](NC(C)=O)[C@@H](O[C@@H]3O[C@H](CO)[C@H](O)[C@H](O[C@@H]4O[C@H](CO)[C@H](O[C@H]5O[C@H](CO)[C@H](O)[C@H](O)[C@H]5O)[C@H](O)[C@H]4O[C@@H]4O[C@@H](C)[C@@H](O)[C@@H](O)[C@@H]4O)[C@H]3O[C@@H]3O[C@@H](C)[C@@H](O)[C@@H](O)[C@@H]3O)[C@H]2O)O[C@H](CO)[C@@H](O)[C@@H]1O. The first-order valence-corrected chi connectivity index (χ1v) is 26.3. The lowest BCUT2D eigenvalue weighted by molar-refractivity contribution is -0.416. The Morgan fingerprint density at radius 2 is 0.720 bits per heavy atom. The van der Waals surface area contributed by atoms with Crippen molar-refractivity contribution in [1.82, 2.24) is 10.6 Å². The Balaban J connectivity index is 1.26. The summed E-state index contributed by atoms with van der Waals surface area (Å²) in [4.78, 5) is 24.8. The average Bonchev–Trinajstić information content (AvgIpc) is 3.60. The molecule has 7 aliphatic rings. The molecule has 36 heteroatoms. The van der Waals surface area contributed by atoms with Crippen LogP contribution in [0, 0.1) is 0 Å². The van der Waals surface area contributed by atoms with Gasteiger partial charge in [0.15, 0.2) is 44.0 Å². The lowest BCUT2D eigenvalue weighted by Gasteiger charge is -2.52. The fourth-order valence-electron chi connectivity index (χ4n) is 10.5. The molecule has 1 unspecified atom stereocenters. The standard InChI is InChI=1S/C46H78N2O34/c1-10-21(55)28(62)31(65)42(71-10)81-38-34(68)35(78-44-33(67)30(64)24(58)15(6-50)75-44)17(8-52)77-45(38)80-37-25(59)16(7-51)76-46(39(37)82-43-32(66)29(63)22(56)11(2)72-43)79-36-20(48-13(4)54)40(69)73-18(26(36)60)9-70-41-19(47-12(3)53)27(61)23(57)14(5-49)74-41/h10-11,14-46,49-52,55-69H,5-9H2,1-4H3,(H,47,53)(H,48,54)/t10-,11-,14+,15+,16+,17+,18+,19+,20+,21+,22+,23+,24-,25-,26-,27+,28+,29+,30-,31-,32-,33+,34-,35-,36+,37-,38+,39+,40?,41+,42-,43-,44+,45-,46-/m0/s1. The molecule has 0 bridgehead atoms. The van der Waals surface area contributed by atoms with Gasteiger partial charge >= 0.3 is 0 Å². The zero-order valence-electron chi connectivity index (χ0n) is 44.4. The molecule has 35 atom stereocenters. The van der Waals surface area contributed by atoms with Gasteiger partial charge in [0.05, 0.1) is 45.2 Å². The molecule has 7 fully saturated rings. The third kappa shape index (κ3) is 14.3. The summed E-state index contributed by atoms with van der Waals surface area (Å²) in [5, 5.41) is 212. The highest BCUT2D eigenvalue weighted by Gasteiger charge is 2.60. The number of carbonyl (C=O) groups is 2. The van der Waals surface area contributed by atoms with Crippen LogP contribution in [0.5, 0.6) is 0 Å². The lowest BCUT2D eigenvalue weighted by Crippen LogP contribution is -2.70. The number of ether oxygens (including phenoxy) is 13. The van der Waals surface area contributed by atoms with E-state index in [1.165, 1.54) is 13.8 Å². The Morgan fingerprint density at radius 1 is 0.341 bits per heavy atom. The van der Waals surface area contributed by atoms with Crippen LogP contribution in [0.4, 0.5) is 0 Å². The number of nitrogens with one attached hydrogen (secondary N) is 2. The minimum Gasteiger partial charge on any atom is -0.394 e.